The van der Waals surface area contributed by atoms with Gasteiger partial charge in [-0.05, 0) is 34.1 Å². The number of thiophene rings is 1. The van der Waals surface area contributed by atoms with Crippen LogP contribution >= 0.6 is 38.9 Å². The third-order valence-electron chi connectivity index (χ3n) is 2.59. The van der Waals surface area contributed by atoms with Crippen LogP contribution in [0.1, 0.15) is 0 Å². The van der Waals surface area contributed by atoms with Gasteiger partial charge >= 0.3 is 0 Å². The Bertz CT molecular complexity index is 869. The van der Waals surface area contributed by atoms with Crippen molar-refractivity contribution in [3.05, 3.63) is 39.1 Å². The Hall–Kier alpha value is -1.09. The summed E-state index contributed by atoms with van der Waals surface area (Å²) < 4.78 is 27.7. The van der Waals surface area contributed by atoms with Crippen molar-refractivity contribution in [2.45, 2.75) is 4.21 Å². The van der Waals surface area contributed by atoms with Gasteiger partial charge in [-0.25, -0.2) is 8.42 Å². The van der Waals surface area contributed by atoms with Crippen LogP contribution in [0, 0.1) is 0 Å². The Balaban J connectivity index is 2.01. The highest BCUT2D eigenvalue weighted by Gasteiger charge is 2.21. The van der Waals surface area contributed by atoms with Crippen molar-refractivity contribution in [3.63, 3.8) is 0 Å². The topological polar surface area (TPSA) is 74.8 Å². The number of nitrogens with zero attached hydrogens (tertiary/aromatic N) is 1. The molecular formula is C11H7BrClN3O2S2. The molecule has 1 aromatic carbocycles. The summed E-state index contributed by atoms with van der Waals surface area (Å²) >= 11 is 10.1. The first kappa shape index (κ1) is 13.9. The summed E-state index contributed by atoms with van der Waals surface area (Å²) in [4.78, 5) is 0. The number of aromatic nitrogens is 2. The molecule has 0 atom stereocenters. The fourth-order valence-corrected chi connectivity index (χ4v) is 5.10. The van der Waals surface area contributed by atoms with Crippen LogP contribution < -0.4 is 4.72 Å². The molecule has 0 aliphatic carbocycles. The lowest BCUT2D eigenvalue weighted by Crippen LogP contribution is -2.11. The minimum Gasteiger partial charge on any atom is -0.276 e. The number of nitrogens with one attached hydrogen (secondary N) is 2. The number of halogens is 2. The molecule has 2 N–H and O–H groups in total. The van der Waals surface area contributed by atoms with Gasteiger partial charge in [-0.15, -0.1) is 11.3 Å². The minimum atomic E-state index is -3.70. The van der Waals surface area contributed by atoms with Crippen molar-refractivity contribution >= 4 is 65.6 Å². The quantitative estimate of drug-likeness (QED) is 0.711. The van der Waals surface area contributed by atoms with E-state index in [2.05, 4.69) is 30.8 Å². The molecule has 0 fully saturated rings. The Labute approximate surface area is 132 Å². The summed E-state index contributed by atoms with van der Waals surface area (Å²) in [5, 5.41) is 7.82. The van der Waals surface area contributed by atoms with Gasteiger partial charge in [0.1, 0.15) is 4.21 Å². The van der Waals surface area contributed by atoms with E-state index in [0.717, 1.165) is 16.9 Å². The molecule has 3 rings (SSSR count). The fraction of sp³-hybridized carbons (Fsp3) is 0. The van der Waals surface area contributed by atoms with Gasteiger partial charge in [-0.2, -0.15) is 5.10 Å². The number of rotatable bonds is 3. The Morgan fingerprint density at radius 1 is 1.35 bits per heavy atom. The largest absolute Gasteiger partial charge is 0.276 e. The molecule has 3 aromatic rings. The highest BCUT2D eigenvalue weighted by Crippen LogP contribution is 2.35. The van der Waals surface area contributed by atoms with Crippen molar-refractivity contribution in [2.75, 3.05) is 4.72 Å². The molecule has 0 saturated heterocycles. The van der Waals surface area contributed by atoms with Crippen LogP contribution in [0.2, 0.25) is 5.02 Å². The van der Waals surface area contributed by atoms with Crippen molar-refractivity contribution in [2.24, 2.45) is 0 Å². The zero-order valence-electron chi connectivity index (χ0n) is 9.72. The first-order valence-electron chi connectivity index (χ1n) is 5.38. The van der Waals surface area contributed by atoms with E-state index in [0.29, 0.717) is 14.2 Å². The number of sulfonamides is 1. The molecule has 5 nitrogen and oxygen atoms in total. The predicted molar refractivity (Wildman–Crippen MR) is 83.9 cm³/mol. The summed E-state index contributed by atoms with van der Waals surface area (Å²) in [7, 11) is -3.70. The van der Waals surface area contributed by atoms with Crippen LogP contribution in [0.5, 0.6) is 0 Å². The van der Waals surface area contributed by atoms with Gasteiger partial charge in [-0.3, -0.25) is 9.82 Å². The SMILES string of the molecule is O=S(=O)(Nc1n[nH]c2ccccc12)c1cc(Cl)c(Br)s1. The van der Waals surface area contributed by atoms with Gasteiger partial charge in [0.15, 0.2) is 5.82 Å². The number of aromatic amines is 1. The summed E-state index contributed by atoms with van der Waals surface area (Å²) in [5.41, 5.74) is 0.760. The van der Waals surface area contributed by atoms with Crippen LogP contribution in [-0.4, -0.2) is 18.6 Å². The van der Waals surface area contributed by atoms with Crippen LogP contribution in [-0.2, 0) is 10.0 Å². The van der Waals surface area contributed by atoms with Crippen LogP contribution in [0.15, 0.2) is 38.3 Å². The second-order valence-corrected chi connectivity index (χ2v) is 8.60. The third kappa shape index (κ3) is 2.44. The normalized spacial score (nSPS) is 11.9. The summed E-state index contributed by atoms with van der Waals surface area (Å²) in [5.74, 6) is 0.265. The highest BCUT2D eigenvalue weighted by molar-refractivity contribution is 9.11. The maximum absolute atomic E-state index is 12.3. The van der Waals surface area contributed by atoms with E-state index < -0.39 is 10.0 Å². The molecule has 0 aliphatic rings. The molecule has 0 amide bonds. The van der Waals surface area contributed by atoms with Crippen LogP contribution in [0.3, 0.4) is 0 Å². The maximum atomic E-state index is 12.3. The van der Waals surface area contributed by atoms with Crippen LogP contribution in [0.4, 0.5) is 5.82 Å². The molecule has 2 heterocycles. The molecule has 0 radical (unpaired) electrons. The lowest BCUT2D eigenvalue weighted by Gasteiger charge is -2.02. The number of para-hydroxylation sites is 1. The molecule has 9 heteroatoms. The molecule has 0 saturated carbocycles. The van der Waals surface area contributed by atoms with Crippen molar-refractivity contribution in [1.29, 1.82) is 0 Å². The Kier molecular flexibility index (Phi) is 3.49. The number of benzene rings is 1. The molecule has 104 valence electrons. The molecule has 0 unspecified atom stereocenters. The number of hydrogen-bond donors (Lipinski definition) is 2. The van der Waals surface area contributed by atoms with Crippen molar-refractivity contribution in [3.8, 4) is 0 Å². The van der Waals surface area contributed by atoms with E-state index in [1.807, 2.05) is 18.2 Å². The first-order valence-corrected chi connectivity index (χ1v) is 8.85. The molecule has 0 bridgehead atoms. The van der Waals surface area contributed by atoms with E-state index >= 15 is 0 Å². The van der Waals surface area contributed by atoms with Gasteiger partial charge in [0.05, 0.1) is 14.3 Å². The fourth-order valence-electron chi connectivity index (χ4n) is 1.68. The van der Waals surface area contributed by atoms with Gasteiger partial charge in [0, 0.05) is 5.39 Å². The monoisotopic (exact) mass is 391 g/mol. The number of hydrogen-bond acceptors (Lipinski definition) is 4. The number of fused-ring (bicyclic) bond motifs is 1. The third-order valence-corrected chi connectivity index (χ3v) is 6.88. The zero-order valence-corrected chi connectivity index (χ0v) is 13.7. The zero-order chi connectivity index (χ0) is 14.3. The average molecular weight is 393 g/mol. The molecular weight excluding hydrogens is 386 g/mol. The lowest BCUT2D eigenvalue weighted by molar-refractivity contribution is 0.603. The van der Waals surface area contributed by atoms with Gasteiger partial charge in [-0.1, -0.05) is 23.7 Å². The number of H-pyrrole nitrogens is 1. The molecule has 0 spiro atoms. The van der Waals surface area contributed by atoms with Gasteiger partial charge in [0.25, 0.3) is 10.0 Å². The van der Waals surface area contributed by atoms with E-state index in [1.165, 1.54) is 6.07 Å². The van der Waals surface area contributed by atoms with E-state index in [1.54, 1.807) is 6.07 Å². The minimum absolute atomic E-state index is 0.126. The van der Waals surface area contributed by atoms with Crippen molar-refractivity contribution in [1.82, 2.24) is 10.2 Å². The summed E-state index contributed by atoms with van der Waals surface area (Å²) in [6.45, 7) is 0. The number of anilines is 1. The van der Waals surface area contributed by atoms with E-state index in [9.17, 15) is 8.42 Å². The predicted octanol–water partition coefficient (Wildman–Crippen LogP) is 3.84. The molecule has 0 aliphatic heterocycles. The molecule has 2 aromatic heterocycles. The lowest BCUT2D eigenvalue weighted by atomic mass is 10.2. The van der Waals surface area contributed by atoms with Gasteiger partial charge in [0.2, 0.25) is 0 Å². The second-order valence-electron chi connectivity index (χ2n) is 3.91. The van der Waals surface area contributed by atoms with E-state index in [-0.39, 0.29) is 10.0 Å². The van der Waals surface area contributed by atoms with Crippen LogP contribution in [0.25, 0.3) is 10.9 Å². The Morgan fingerprint density at radius 2 is 2.10 bits per heavy atom. The second kappa shape index (κ2) is 5.03. The summed E-state index contributed by atoms with van der Waals surface area (Å²) in [6, 6.07) is 8.66. The van der Waals surface area contributed by atoms with Crippen molar-refractivity contribution < 1.29 is 8.42 Å². The maximum Gasteiger partial charge on any atom is 0.272 e. The average Bonchev–Trinajstić information content (AvgIpc) is 2.95. The Morgan fingerprint density at radius 3 is 2.80 bits per heavy atom. The highest BCUT2D eigenvalue weighted by atomic mass is 79.9. The first-order chi connectivity index (χ1) is 9.47. The summed E-state index contributed by atoms with van der Waals surface area (Å²) in [6.07, 6.45) is 0. The molecule has 20 heavy (non-hydrogen) atoms. The van der Waals surface area contributed by atoms with E-state index in [4.69, 9.17) is 11.6 Å². The smallest absolute Gasteiger partial charge is 0.272 e. The standard InChI is InChI=1S/C11H7BrClN3O2S2/c12-10-7(13)5-9(19-10)20(17,18)16-11-6-3-1-2-4-8(6)14-15-11/h1-5H,(H2,14,15,16). The van der Waals surface area contributed by atoms with Gasteiger partial charge < -0.3 is 0 Å².